The molecular weight excluding hydrogens is 283 g/mol. The number of carboxylic acids is 1. The third-order valence-electron chi connectivity index (χ3n) is 1.34. The first kappa shape index (κ1) is 14.3. The number of carbonyl (C=O) groups is 1. The van der Waals surface area contributed by atoms with Gasteiger partial charge in [0.2, 0.25) is 0 Å². The lowest BCUT2D eigenvalue weighted by Gasteiger charge is -2.06. The molecule has 1 aromatic rings. The van der Waals surface area contributed by atoms with E-state index in [-0.39, 0.29) is 5.75 Å². The van der Waals surface area contributed by atoms with E-state index in [0.717, 1.165) is 0 Å². The van der Waals surface area contributed by atoms with Crippen LogP contribution < -0.4 is 0 Å². The zero-order valence-electron chi connectivity index (χ0n) is 8.37. The summed E-state index contributed by atoms with van der Waals surface area (Å²) in [6.45, 7) is 3.16. The van der Waals surface area contributed by atoms with Crippen molar-refractivity contribution < 1.29 is 15.0 Å². The Hall–Kier alpha value is -0.740. The van der Waals surface area contributed by atoms with Crippen molar-refractivity contribution in [3.05, 3.63) is 29.3 Å². The summed E-state index contributed by atoms with van der Waals surface area (Å²) < 4.78 is -0.771. The van der Waals surface area contributed by atoms with E-state index in [0.29, 0.717) is 5.02 Å². The molecule has 15 heavy (non-hydrogen) atoms. The van der Waals surface area contributed by atoms with Crippen molar-refractivity contribution in [2.45, 2.75) is 18.2 Å². The molecule has 0 radical (unpaired) electrons. The Morgan fingerprint density at radius 3 is 1.87 bits per heavy atom. The van der Waals surface area contributed by atoms with Crippen LogP contribution in [0.2, 0.25) is 5.02 Å². The van der Waals surface area contributed by atoms with Crippen LogP contribution in [0.1, 0.15) is 13.8 Å². The van der Waals surface area contributed by atoms with Gasteiger partial charge in [0.15, 0.2) is 0 Å². The van der Waals surface area contributed by atoms with Crippen LogP contribution in [0.4, 0.5) is 0 Å². The van der Waals surface area contributed by atoms with Crippen molar-refractivity contribution in [2.75, 3.05) is 0 Å². The number of rotatable bonds is 1. The molecule has 3 nitrogen and oxygen atoms in total. The Bertz CT molecular complexity index is 295. The van der Waals surface area contributed by atoms with E-state index in [2.05, 4.69) is 15.9 Å². The molecule has 5 heteroatoms. The van der Waals surface area contributed by atoms with E-state index in [9.17, 15) is 4.79 Å². The molecular formula is C10H12BrClO3. The molecule has 0 atom stereocenters. The number of carboxylic acid groups (broad SMARTS) is 1. The topological polar surface area (TPSA) is 57.5 Å². The summed E-state index contributed by atoms with van der Waals surface area (Å²) in [5.74, 6) is -0.595. The minimum Gasteiger partial charge on any atom is -0.508 e. The van der Waals surface area contributed by atoms with E-state index in [1.54, 1.807) is 38.1 Å². The van der Waals surface area contributed by atoms with Crippen LogP contribution in [0.15, 0.2) is 24.3 Å². The van der Waals surface area contributed by atoms with Gasteiger partial charge in [0.25, 0.3) is 0 Å². The van der Waals surface area contributed by atoms with Crippen LogP contribution in [0, 0.1) is 0 Å². The molecule has 0 saturated heterocycles. The highest BCUT2D eigenvalue weighted by Crippen LogP contribution is 2.14. The summed E-state index contributed by atoms with van der Waals surface area (Å²) >= 11 is 8.44. The third kappa shape index (κ3) is 7.22. The number of halogens is 2. The maximum Gasteiger partial charge on any atom is 0.319 e. The zero-order chi connectivity index (χ0) is 12.1. The van der Waals surface area contributed by atoms with Crippen molar-refractivity contribution in [3.8, 4) is 5.75 Å². The molecule has 0 fully saturated rings. The first-order valence-corrected chi connectivity index (χ1v) is 5.27. The second-order valence-electron chi connectivity index (χ2n) is 3.25. The Labute approximate surface area is 102 Å². The Morgan fingerprint density at radius 2 is 1.67 bits per heavy atom. The maximum atomic E-state index is 9.97. The SMILES string of the molecule is CC(C)(Br)C(=O)O.Oc1ccc(Cl)cc1. The number of phenolic OH excluding ortho intramolecular Hbond substituents is 1. The number of aliphatic carboxylic acids is 1. The number of benzene rings is 1. The molecule has 0 heterocycles. The van der Waals surface area contributed by atoms with Gasteiger partial charge in [0.1, 0.15) is 10.1 Å². The summed E-state index contributed by atoms with van der Waals surface area (Å²) in [5, 5.41) is 17.5. The first-order chi connectivity index (χ1) is 6.73. The standard InChI is InChI=1S/C6H5ClO.C4H7BrO2/c7-5-1-3-6(8)4-2-5;1-4(2,5)3(6)7/h1-4,8H;1-2H3,(H,6,7). The molecule has 0 aromatic heterocycles. The molecule has 1 aromatic carbocycles. The monoisotopic (exact) mass is 294 g/mol. The predicted molar refractivity (Wildman–Crippen MR) is 63.8 cm³/mol. The fourth-order valence-corrected chi connectivity index (χ4v) is 0.567. The van der Waals surface area contributed by atoms with Crippen LogP contribution in [-0.2, 0) is 4.79 Å². The van der Waals surface area contributed by atoms with Crippen molar-refractivity contribution in [1.82, 2.24) is 0 Å². The molecule has 2 N–H and O–H groups in total. The minimum absolute atomic E-state index is 0.245. The molecule has 0 unspecified atom stereocenters. The Morgan fingerprint density at radius 1 is 1.33 bits per heavy atom. The molecule has 0 aliphatic heterocycles. The molecule has 84 valence electrons. The highest BCUT2D eigenvalue weighted by Gasteiger charge is 2.21. The largest absolute Gasteiger partial charge is 0.508 e. The summed E-state index contributed by atoms with van der Waals surface area (Å²) in [5.41, 5.74) is 0. The van der Waals surface area contributed by atoms with Crippen molar-refractivity contribution in [1.29, 1.82) is 0 Å². The highest BCUT2D eigenvalue weighted by molar-refractivity contribution is 9.10. The second kappa shape index (κ2) is 5.98. The Kier molecular flexibility index (Phi) is 5.68. The minimum atomic E-state index is -0.840. The lowest BCUT2D eigenvalue weighted by molar-refractivity contribution is -0.138. The molecule has 0 bridgehead atoms. The summed E-state index contributed by atoms with van der Waals surface area (Å²) in [7, 11) is 0. The summed E-state index contributed by atoms with van der Waals surface area (Å²) in [6, 6.07) is 6.36. The van der Waals surface area contributed by atoms with E-state index in [4.69, 9.17) is 21.8 Å². The number of alkyl halides is 1. The smallest absolute Gasteiger partial charge is 0.319 e. The van der Waals surface area contributed by atoms with Crippen molar-refractivity contribution in [2.24, 2.45) is 0 Å². The van der Waals surface area contributed by atoms with Gasteiger partial charge in [0, 0.05) is 5.02 Å². The van der Waals surface area contributed by atoms with Gasteiger partial charge in [-0.2, -0.15) is 0 Å². The molecule has 0 amide bonds. The second-order valence-corrected chi connectivity index (χ2v) is 5.67. The molecule has 0 aliphatic rings. The molecule has 0 aliphatic carbocycles. The fourth-order valence-electron chi connectivity index (χ4n) is 0.441. The third-order valence-corrected chi connectivity index (χ3v) is 1.93. The van der Waals surface area contributed by atoms with E-state index >= 15 is 0 Å². The van der Waals surface area contributed by atoms with Gasteiger partial charge in [-0.15, -0.1) is 0 Å². The quantitative estimate of drug-likeness (QED) is 0.782. The van der Waals surface area contributed by atoms with Crippen molar-refractivity contribution in [3.63, 3.8) is 0 Å². The van der Waals surface area contributed by atoms with Gasteiger partial charge >= 0.3 is 5.97 Å². The average Bonchev–Trinajstić information content (AvgIpc) is 2.09. The number of aromatic hydroxyl groups is 1. The van der Waals surface area contributed by atoms with E-state index in [1.807, 2.05) is 0 Å². The summed E-state index contributed by atoms with van der Waals surface area (Å²) in [4.78, 5) is 9.97. The van der Waals surface area contributed by atoms with Gasteiger partial charge in [-0.1, -0.05) is 27.5 Å². The van der Waals surface area contributed by atoms with Gasteiger partial charge < -0.3 is 10.2 Å². The lowest BCUT2D eigenvalue weighted by atomic mass is 10.2. The summed E-state index contributed by atoms with van der Waals surface area (Å²) in [6.07, 6.45) is 0. The van der Waals surface area contributed by atoms with Gasteiger partial charge in [0.05, 0.1) is 0 Å². The van der Waals surface area contributed by atoms with Crippen LogP contribution in [0.25, 0.3) is 0 Å². The number of hydrogen-bond acceptors (Lipinski definition) is 2. The maximum absolute atomic E-state index is 9.97. The average molecular weight is 296 g/mol. The van der Waals surface area contributed by atoms with Crippen LogP contribution >= 0.6 is 27.5 Å². The van der Waals surface area contributed by atoms with Gasteiger partial charge in [-0.3, -0.25) is 4.79 Å². The lowest BCUT2D eigenvalue weighted by Crippen LogP contribution is -2.22. The van der Waals surface area contributed by atoms with Gasteiger partial charge in [-0.25, -0.2) is 0 Å². The Balaban J connectivity index is 0.000000265. The van der Waals surface area contributed by atoms with E-state index in [1.165, 1.54) is 0 Å². The molecule has 1 rings (SSSR count). The number of phenols is 1. The van der Waals surface area contributed by atoms with E-state index < -0.39 is 10.3 Å². The van der Waals surface area contributed by atoms with Crippen LogP contribution in [0.3, 0.4) is 0 Å². The zero-order valence-corrected chi connectivity index (χ0v) is 10.7. The first-order valence-electron chi connectivity index (χ1n) is 4.10. The normalized spacial score (nSPS) is 10.1. The highest BCUT2D eigenvalue weighted by atomic mass is 79.9. The fraction of sp³-hybridized carbons (Fsp3) is 0.300. The van der Waals surface area contributed by atoms with Crippen LogP contribution in [0.5, 0.6) is 5.75 Å². The van der Waals surface area contributed by atoms with Crippen LogP contribution in [-0.4, -0.2) is 20.5 Å². The number of hydrogen-bond donors (Lipinski definition) is 2. The predicted octanol–water partition coefficient (Wildman–Crippen LogP) is 3.29. The molecule has 0 saturated carbocycles. The van der Waals surface area contributed by atoms with Gasteiger partial charge in [-0.05, 0) is 38.1 Å². The van der Waals surface area contributed by atoms with Crippen molar-refractivity contribution >= 4 is 33.5 Å². The molecule has 0 spiro atoms.